The number of likely N-dealkylation sites (tertiary alicyclic amines) is 1. The largest absolute Gasteiger partial charge is 0.494 e. The summed E-state index contributed by atoms with van der Waals surface area (Å²) in [5.41, 5.74) is 6.91. The van der Waals surface area contributed by atoms with Crippen LogP contribution in [0.2, 0.25) is 0 Å². The number of benzene rings is 1. The molecular weight excluding hydrogens is 326 g/mol. The van der Waals surface area contributed by atoms with Crippen LogP contribution in [0.1, 0.15) is 38.2 Å². The molecule has 0 saturated carbocycles. The van der Waals surface area contributed by atoms with E-state index in [4.69, 9.17) is 4.74 Å². The van der Waals surface area contributed by atoms with E-state index in [1.54, 1.807) is 6.34 Å². The van der Waals surface area contributed by atoms with Gasteiger partial charge in [-0.15, -0.1) is 5.10 Å². The summed E-state index contributed by atoms with van der Waals surface area (Å²) in [6, 6.07) is 8.47. The minimum atomic E-state index is 0.146. The topological polar surface area (TPSA) is 52.5 Å². The molecule has 3 heterocycles. The minimum Gasteiger partial charge on any atom is -0.494 e. The molecule has 3 aliphatic heterocycles. The summed E-state index contributed by atoms with van der Waals surface area (Å²) in [5.74, 6) is 0.935. The average Bonchev–Trinajstić information content (AvgIpc) is 3.04. The van der Waals surface area contributed by atoms with Crippen molar-refractivity contribution in [2.24, 2.45) is 10.2 Å². The molecular formula is C20H27N5O. The molecule has 0 aliphatic carbocycles. The first kappa shape index (κ1) is 17.1. The van der Waals surface area contributed by atoms with E-state index >= 15 is 0 Å². The van der Waals surface area contributed by atoms with Gasteiger partial charge in [0.2, 0.25) is 0 Å². The predicted octanol–water partition coefficient (Wildman–Crippen LogP) is 2.89. The van der Waals surface area contributed by atoms with Gasteiger partial charge in [0, 0.05) is 6.54 Å². The van der Waals surface area contributed by atoms with Crippen LogP contribution in [0, 0.1) is 0 Å². The van der Waals surface area contributed by atoms with Gasteiger partial charge in [-0.25, -0.2) is 0 Å². The molecule has 1 N–H and O–H groups in total. The molecule has 0 spiro atoms. The summed E-state index contributed by atoms with van der Waals surface area (Å²) in [5, 5.41) is 9.90. The fraction of sp³-hybridized carbons (Fsp3) is 0.500. The number of hydrogen-bond acceptors (Lipinski definition) is 6. The maximum absolute atomic E-state index is 5.92. The van der Waals surface area contributed by atoms with Gasteiger partial charge in [0.15, 0.2) is 0 Å². The molecule has 1 atom stereocenters. The van der Waals surface area contributed by atoms with E-state index in [1.165, 1.54) is 37.9 Å². The molecule has 4 rings (SSSR count). The number of nitrogens with zero attached hydrogens (tertiary/aromatic N) is 4. The van der Waals surface area contributed by atoms with Crippen molar-refractivity contribution in [3.63, 3.8) is 0 Å². The molecule has 1 aromatic carbocycles. The molecule has 1 unspecified atom stereocenters. The normalized spacial score (nSPS) is 22.5. The van der Waals surface area contributed by atoms with Crippen molar-refractivity contribution in [3.8, 4) is 5.75 Å². The maximum Gasteiger partial charge on any atom is 0.133 e. The van der Waals surface area contributed by atoms with Crippen LogP contribution in [0.3, 0.4) is 0 Å². The Morgan fingerprint density at radius 1 is 1.12 bits per heavy atom. The average molecular weight is 353 g/mol. The quantitative estimate of drug-likeness (QED) is 0.799. The zero-order valence-electron chi connectivity index (χ0n) is 15.4. The van der Waals surface area contributed by atoms with Gasteiger partial charge in [-0.1, -0.05) is 6.42 Å². The molecule has 1 saturated heterocycles. The van der Waals surface area contributed by atoms with Crippen molar-refractivity contribution in [2.45, 2.75) is 38.6 Å². The predicted molar refractivity (Wildman–Crippen MR) is 105 cm³/mol. The molecule has 1 fully saturated rings. The van der Waals surface area contributed by atoms with E-state index in [-0.39, 0.29) is 6.04 Å². The molecule has 6 heteroatoms. The monoisotopic (exact) mass is 353 g/mol. The van der Waals surface area contributed by atoms with Crippen LogP contribution in [0.25, 0.3) is 5.70 Å². The van der Waals surface area contributed by atoms with Crippen LogP contribution < -0.4 is 10.2 Å². The minimum absolute atomic E-state index is 0.146. The maximum atomic E-state index is 5.92. The first-order valence-corrected chi connectivity index (χ1v) is 9.59. The van der Waals surface area contributed by atoms with Crippen LogP contribution in [-0.4, -0.2) is 54.7 Å². The Bertz CT molecular complexity index is 703. The molecule has 0 aromatic heterocycles. The highest BCUT2D eigenvalue weighted by atomic mass is 16.5. The van der Waals surface area contributed by atoms with Crippen molar-refractivity contribution in [3.05, 3.63) is 35.4 Å². The molecule has 0 bridgehead atoms. The van der Waals surface area contributed by atoms with E-state index in [0.717, 1.165) is 36.6 Å². The highest BCUT2D eigenvalue weighted by Crippen LogP contribution is 2.28. The number of hydrogen-bond donors (Lipinski definition) is 1. The fourth-order valence-corrected chi connectivity index (χ4v) is 3.79. The second kappa shape index (κ2) is 7.91. The Kier molecular flexibility index (Phi) is 5.20. The smallest absolute Gasteiger partial charge is 0.133 e. The van der Waals surface area contributed by atoms with Crippen LogP contribution in [-0.2, 0) is 0 Å². The number of piperidine rings is 1. The summed E-state index contributed by atoms with van der Waals surface area (Å²) >= 11 is 0. The lowest BCUT2D eigenvalue weighted by Gasteiger charge is -2.26. The zero-order chi connectivity index (χ0) is 17.8. The Morgan fingerprint density at radius 3 is 2.69 bits per heavy atom. The SMILES string of the molecule is CC1=C(c2ccc(OCCCN3CCCCC3)cc2)NN2C=NN=CC12. The van der Waals surface area contributed by atoms with Crippen molar-refractivity contribution >= 4 is 18.3 Å². The molecule has 6 nitrogen and oxygen atoms in total. The molecule has 0 radical (unpaired) electrons. The lowest BCUT2D eigenvalue weighted by atomic mass is 10.0. The number of nitrogens with one attached hydrogen (secondary N) is 1. The van der Waals surface area contributed by atoms with Crippen molar-refractivity contribution in [1.29, 1.82) is 0 Å². The first-order chi connectivity index (χ1) is 12.8. The highest BCUT2D eigenvalue weighted by molar-refractivity contribution is 5.85. The van der Waals surface area contributed by atoms with Crippen molar-refractivity contribution in [1.82, 2.24) is 15.3 Å². The summed E-state index contributed by atoms with van der Waals surface area (Å²) < 4.78 is 5.92. The molecule has 1 aromatic rings. The fourth-order valence-electron chi connectivity index (χ4n) is 3.79. The third-order valence-corrected chi connectivity index (χ3v) is 5.31. The van der Waals surface area contributed by atoms with Gasteiger partial charge in [-0.2, -0.15) is 5.10 Å². The Morgan fingerprint density at radius 2 is 1.92 bits per heavy atom. The third-order valence-electron chi connectivity index (χ3n) is 5.31. The van der Waals surface area contributed by atoms with E-state index in [1.807, 2.05) is 11.2 Å². The summed E-state index contributed by atoms with van der Waals surface area (Å²) in [7, 11) is 0. The van der Waals surface area contributed by atoms with Crippen LogP contribution in [0.15, 0.2) is 40.0 Å². The first-order valence-electron chi connectivity index (χ1n) is 9.59. The standard InChI is InChI=1S/C20H27N5O/c1-16-19-14-21-22-15-25(19)23-20(16)17-6-8-18(9-7-17)26-13-5-12-24-10-3-2-4-11-24/h6-9,14-15,19,23H,2-5,10-13H2,1H3. The van der Waals surface area contributed by atoms with Gasteiger partial charge >= 0.3 is 0 Å². The Labute approximate surface area is 155 Å². The molecule has 3 aliphatic rings. The van der Waals surface area contributed by atoms with Gasteiger partial charge in [0.05, 0.1) is 18.5 Å². The lowest BCUT2D eigenvalue weighted by Crippen LogP contribution is -2.40. The molecule has 26 heavy (non-hydrogen) atoms. The Balaban J connectivity index is 1.29. The second-order valence-corrected chi connectivity index (χ2v) is 7.15. The summed E-state index contributed by atoms with van der Waals surface area (Å²) in [4.78, 5) is 2.55. The summed E-state index contributed by atoms with van der Waals surface area (Å²) in [6.45, 7) is 6.56. The van der Waals surface area contributed by atoms with Crippen LogP contribution in [0.5, 0.6) is 5.75 Å². The van der Waals surface area contributed by atoms with Crippen LogP contribution >= 0.6 is 0 Å². The third kappa shape index (κ3) is 3.75. The Hall–Kier alpha value is -2.34. The van der Waals surface area contributed by atoms with E-state index in [2.05, 4.69) is 51.7 Å². The van der Waals surface area contributed by atoms with Gasteiger partial charge in [0.25, 0.3) is 0 Å². The number of rotatable bonds is 6. The van der Waals surface area contributed by atoms with E-state index in [9.17, 15) is 0 Å². The lowest BCUT2D eigenvalue weighted by molar-refractivity contribution is 0.205. The van der Waals surface area contributed by atoms with Gasteiger partial charge in [-0.05, 0) is 74.7 Å². The van der Waals surface area contributed by atoms with Gasteiger partial charge in [0.1, 0.15) is 18.1 Å². The van der Waals surface area contributed by atoms with E-state index in [0.29, 0.717) is 0 Å². The molecule has 0 amide bonds. The van der Waals surface area contributed by atoms with Gasteiger partial charge < -0.3 is 9.64 Å². The zero-order valence-corrected chi connectivity index (χ0v) is 15.4. The van der Waals surface area contributed by atoms with Crippen molar-refractivity contribution in [2.75, 3.05) is 26.2 Å². The molecule has 138 valence electrons. The van der Waals surface area contributed by atoms with E-state index < -0.39 is 0 Å². The van der Waals surface area contributed by atoms with Crippen molar-refractivity contribution < 1.29 is 4.74 Å². The number of hydrazine groups is 1. The van der Waals surface area contributed by atoms with Gasteiger partial charge in [-0.3, -0.25) is 10.4 Å². The van der Waals surface area contributed by atoms with Crippen LogP contribution in [0.4, 0.5) is 0 Å². The second-order valence-electron chi connectivity index (χ2n) is 7.15. The number of ether oxygens (including phenoxy) is 1. The highest BCUT2D eigenvalue weighted by Gasteiger charge is 2.29. The number of fused-ring (bicyclic) bond motifs is 1. The summed E-state index contributed by atoms with van der Waals surface area (Å²) in [6.07, 6.45) is 8.75.